The summed E-state index contributed by atoms with van der Waals surface area (Å²) >= 11 is 0. The maximum Gasteiger partial charge on any atom is 0.255 e. The second-order valence-corrected chi connectivity index (χ2v) is 11.2. The van der Waals surface area contributed by atoms with Crippen molar-refractivity contribution in [2.45, 2.75) is 38.5 Å². The number of carbonyl (C=O) groups is 2. The molecule has 0 radical (unpaired) electrons. The van der Waals surface area contributed by atoms with Crippen molar-refractivity contribution in [3.63, 3.8) is 0 Å². The van der Waals surface area contributed by atoms with Crippen LogP contribution >= 0.6 is 0 Å². The molecule has 0 atom stereocenters. The fraction of sp³-hybridized carbons (Fsp3) is 0.250. The van der Waals surface area contributed by atoms with Gasteiger partial charge in [-0.2, -0.15) is 0 Å². The number of hydrogen-bond acceptors (Lipinski definition) is 4. The van der Waals surface area contributed by atoms with Crippen molar-refractivity contribution in [3.8, 4) is 0 Å². The Bertz CT molecular complexity index is 1400. The number of anilines is 4. The number of amides is 2. The normalized spacial score (nSPS) is 16.8. The highest BCUT2D eigenvalue weighted by molar-refractivity contribution is 6.07. The van der Waals surface area contributed by atoms with E-state index in [1.807, 2.05) is 50.5 Å². The molecule has 3 aromatic carbocycles. The van der Waals surface area contributed by atoms with Gasteiger partial charge in [-0.05, 0) is 71.8 Å². The van der Waals surface area contributed by atoms with Crippen molar-refractivity contribution in [2.24, 2.45) is 0 Å². The molecule has 3 aromatic rings. The van der Waals surface area contributed by atoms with Gasteiger partial charge in [0.2, 0.25) is 0 Å². The summed E-state index contributed by atoms with van der Waals surface area (Å²) in [5, 5.41) is 5.97. The first-order valence-corrected chi connectivity index (χ1v) is 12.7. The molecule has 0 unspecified atom stereocenters. The number of benzene rings is 3. The van der Waals surface area contributed by atoms with E-state index in [-0.39, 0.29) is 22.6 Å². The first kappa shape index (κ1) is 25.3. The number of carbonyl (C=O) groups excluding carboxylic acids is 2. The van der Waals surface area contributed by atoms with Crippen LogP contribution in [0.1, 0.15) is 59.5 Å². The average Bonchev–Trinajstić information content (AvgIpc) is 3.17. The van der Waals surface area contributed by atoms with Crippen LogP contribution in [0, 0.1) is 0 Å². The van der Waals surface area contributed by atoms with E-state index >= 15 is 0 Å². The lowest BCUT2D eigenvalue weighted by Crippen LogP contribution is -2.21. The third-order valence-electron chi connectivity index (χ3n) is 8.24. The van der Waals surface area contributed by atoms with E-state index in [0.29, 0.717) is 11.1 Å². The molecule has 0 aromatic heterocycles. The Kier molecular flexibility index (Phi) is 5.75. The second-order valence-electron chi connectivity index (χ2n) is 11.2. The average molecular weight is 507 g/mol. The first-order chi connectivity index (χ1) is 17.8. The quantitative estimate of drug-likeness (QED) is 0.415. The van der Waals surface area contributed by atoms with Gasteiger partial charge in [0.05, 0.1) is 0 Å². The molecule has 5 rings (SSSR count). The molecule has 0 bridgehead atoms. The number of nitrogens with one attached hydrogen (secondary N) is 2. The van der Waals surface area contributed by atoms with Gasteiger partial charge in [0, 0.05) is 70.2 Å². The van der Waals surface area contributed by atoms with E-state index in [4.69, 9.17) is 0 Å². The summed E-state index contributed by atoms with van der Waals surface area (Å²) in [6.07, 6.45) is 0. The Morgan fingerprint density at radius 1 is 0.632 bits per heavy atom. The topological polar surface area (TPSA) is 64.7 Å². The standard InChI is InChI=1S/C32H34N4O2/c1-19-31(3,4)25-17-23(13-15-27(25)35(19)7)33-29(37)21-9-11-22(12-10-21)30(38)34-24-14-16-28-26(18-24)32(5,6)20(2)36(28)8/h9-18H,1-2H2,3-8H3,(H,33,37)(H,34,38). The summed E-state index contributed by atoms with van der Waals surface area (Å²) in [6.45, 7) is 17.0. The van der Waals surface area contributed by atoms with Gasteiger partial charge >= 0.3 is 0 Å². The van der Waals surface area contributed by atoms with Gasteiger partial charge in [0.25, 0.3) is 11.8 Å². The lowest BCUT2D eigenvalue weighted by molar-refractivity contribution is 0.101. The van der Waals surface area contributed by atoms with Gasteiger partial charge in [-0.25, -0.2) is 0 Å². The van der Waals surface area contributed by atoms with Crippen LogP contribution in [0.4, 0.5) is 22.7 Å². The van der Waals surface area contributed by atoms with Gasteiger partial charge in [-0.3, -0.25) is 9.59 Å². The largest absolute Gasteiger partial charge is 0.348 e. The fourth-order valence-electron chi connectivity index (χ4n) is 5.43. The molecule has 6 nitrogen and oxygen atoms in total. The number of hydrogen-bond donors (Lipinski definition) is 2. The molecule has 0 aliphatic carbocycles. The van der Waals surface area contributed by atoms with Crippen molar-refractivity contribution >= 4 is 34.6 Å². The van der Waals surface area contributed by atoms with E-state index in [2.05, 4.69) is 61.3 Å². The zero-order valence-electron chi connectivity index (χ0n) is 22.9. The molecule has 0 spiro atoms. The molecular weight excluding hydrogens is 472 g/mol. The van der Waals surface area contributed by atoms with Crippen molar-refractivity contribution in [2.75, 3.05) is 34.5 Å². The van der Waals surface area contributed by atoms with E-state index in [9.17, 15) is 9.59 Å². The molecule has 2 heterocycles. The number of nitrogens with zero attached hydrogens (tertiary/aromatic N) is 2. The highest BCUT2D eigenvalue weighted by atomic mass is 16.2. The Hall–Kier alpha value is -4.32. The minimum absolute atomic E-state index is 0.210. The van der Waals surface area contributed by atoms with Crippen molar-refractivity contribution in [3.05, 3.63) is 107 Å². The smallest absolute Gasteiger partial charge is 0.255 e. The predicted octanol–water partition coefficient (Wildman–Crippen LogP) is 6.67. The van der Waals surface area contributed by atoms with Crippen LogP contribution in [0.15, 0.2) is 85.2 Å². The van der Waals surface area contributed by atoms with Gasteiger partial charge in [-0.1, -0.05) is 40.9 Å². The molecule has 0 saturated heterocycles. The monoisotopic (exact) mass is 506 g/mol. The van der Waals surface area contributed by atoms with Crippen molar-refractivity contribution < 1.29 is 9.59 Å². The summed E-state index contributed by atoms with van der Waals surface area (Å²) < 4.78 is 0. The predicted molar refractivity (Wildman–Crippen MR) is 156 cm³/mol. The third kappa shape index (κ3) is 3.88. The number of fused-ring (bicyclic) bond motifs is 2. The molecular formula is C32H34N4O2. The lowest BCUT2D eigenvalue weighted by atomic mass is 9.84. The molecule has 194 valence electrons. The van der Waals surface area contributed by atoms with Crippen LogP contribution in [0.5, 0.6) is 0 Å². The molecule has 6 heteroatoms. The van der Waals surface area contributed by atoms with E-state index in [0.717, 1.165) is 45.3 Å². The van der Waals surface area contributed by atoms with Gasteiger partial charge in [0.1, 0.15) is 0 Å². The van der Waals surface area contributed by atoms with E-state index in [1.165, 1.54) is 0 Å². The Morgan fingerprint density at radius 2 is 0.974 bits per heavy atom. The Balaban J connectivity index is 1.28. The minimum atomic E-state index is -0.231. The van der Waals surface area contributed by atoms with Gasteiger partial charge < -0.3 is 20.4 Å². The minimum Gasteiger partial charge on any atom is -0.348 e. The highest BCUT2D eigenvalue weighted by Crippen LogP contribution is 2.48. The summed E-state index contributed by atoms with van der Waals surface area (Å²) in [5.74, 6) is -0.463. The highest BCUT2D eigenvalue weighted by Gasteiger charge is 2.38. The number of likely N-dealkylation sites (N-methyl/N-ethyl adjacent to an activating group) is 2. The van der Waals surface area contributed by atoms with Crippen LogP contribution in [-0.2, 0) is 10.8 Å². The summed E-state index contributed by atoms with van der Waals surface area (Å²) in [5.41, 5.74) is 8.45. The Morgan fingerprint density at radius 3 is 1.32 bits per heavy atom. The molecule has 0 saturated carbocycles. The Labute approximate surface area is 224 Å². The molecule has 2 aliphatic rings. The third-order valence-corrected chi connectivity index (χ3v) is 8.24. The molecule has 2 amide bonds. The maximum atomic E-state index is 12.9. The zero-order chi connectivity index (χ0) is 27.6. The first-order valence-electron chi connectivity index (χ1n) is 12.7. The van der Waals surface area contributed by atoms with Crippen LogP contribution in [0.2, 0.25) is 0 Å². The SMILES string of the molecule is C=C1N(C)c2ccc(NC(=O)c3ccc(C(=O)Nc4ccc5c(c4)C(C)(C)C(=C)N5C)cc3)cc2C1(C)C. The second kappa shape index (κ2) is 8.62. The molecule has 2 N–H and O–H groups in total. The summed E-state index contributed by atoms with van der Waals surface area (Å²) in [4.78, 5) is 30.1. The molecule has 0 fully saturated rings. The number of rotatable bonds is 4. The van der Waals surface area contributed by atoms with Crippen LogP contribution in [0.25, 0.3) is 0 Å². The van der Waals surface area contributed by atoms with Gasteiger partial charge in [0.15, 0.2) is 0 Å². The summed E-state index contributed by atoms with van der Waals surface area (Å²) in [7, 11) is 4.01. The van der Waals surface area contributed by atoms with E-state index < -0.39 is 0 Å². The van der Waals surface area contributed by atoms with Crippen LogP contribution in [0.3, 0.4) is 0 Å². The van der Waals surface area contributed by atoms with Crippen LogP contribution in [-0.4, -0.2) is 25.9 Å². The van der Waals surface area contributed by atoms with E-state index in [1.54, 1.807) is 24.3 Å². The van der Waals surface area contributed by atoms with Crippen molar-refractivity contribution in [1.82, 2.24) is 0 Å². The molecule has 2 aliphatic heterocycles. The lowest BCUT2D eigenvalue weighted by Gasteiger charge is -2.22. The zero-order valence-corrected chi connectivity index (χ0v) is 22.9. The summed E-state index contributed by atoms with van der Waals surface area (Å²) in [6, 6.07) is 18.5. The molecule has 38 heavy (non-hydrogen) atoms. The van der Waals surface area contributed by atoms with Gasteiger partial charge in [-0.15, -0.1) is 0 Å². The fourth-order valence-corrected chi connectivity index (χ4v) is 5.43. The van der Waals surface area contributed by atoms with Crippen molar-refractivity contribution in [1.29, 1.82) is 0 Å². The number of allylic oxidation sites excluding steroid dienone is 2. The maximum absolute atomic E-state index is 12.9. The van der Waals surface area contributed by atoms with Crippen LogP contribution < -0.4 is 20.4 Å².